The second-order valence-electron chi connectivity index (χ2n) is 11.6. The van der Waals surface area contributed by atoms with E-state index in [1.54, 1.807) is 12.1 Å². The van der Waals surface area contributed by atoms with Crippen LogP contribution in [-0.2, 0) is 12.1 Å². The van der Waals surface area contributed by atoms with Crippen LogP contribution < -0.4 is 10.3 Å². The van der Waals surface area contributed by atoms with Gasteiger partial charge >= 0.3 is 12.6 Å². The van der Waals surface area contributed by atoms with E-state index in [9.17, 15) is 23.5 Å². The van der Waals surface area contributed by atoms with Gasteiger partial charge in [-0.05, 0) is 64.1 Å². The van der Waals surface area contributed by atoms with Crippen LogP contribution in [0.2, 0.25) is 0 Å². The number of hydrogen-bond donors (Lipinski definition) is 1. The molecule has 0 bridgehead atoms. The van der Waals surface area contributed by atoms with Gasteiger partial charge in [0.15, 0.2) is 0 Å². The lowest BCUT2D eigenvalue weighted by atomic mass is 9.75. The zero-order valence-electron chi connectivity index (χ0n) is 25.4. The van der Waals surface area contributed by atoms with Crippen molar-refractivity contribution in [2.45, 2.75) is 31.7 Å². The van der Waals surface area contributed by atoms with E-state index in [4.69, 9.17) is 0 Å². The predicted molar refractivity (Wildman–Crippen MR) is 176 cm³/mol. The number of nitrogens with zero attached hydrogens (tertiary/aromatic N) is 2. The van der Waals surface area contributed by atoms with Crippen molar-refractivity contribution >= 4 is 16.9 Å². The Morgan fingerprint density at radius 1 is 0.809 bits per heavy atom. The summed E-state index contributed by atoms with van der Waals surface area (Å²) in [5.41, 5.74) is 5.21. The van der Waals surface area contributed by atoms with Crippen LogP contribution in [0.15, 0.2) is 138 Å². The molecule has 0 fully saturated rings. The molecule has 1 aliphatic heterocycles. The van der Waals surface area contributed by atoms with Crippen molar-refractivity contribution in [3.63, 3.8) is 0 Å². The van der Waals surface area contributed by atoms with E-state index in [-0.39, 0.29) is 16.9 Å². The number of aromatic carboxylic acids is 1. The highest BCUT2D eigenvalue weighted by Crippen LogP contribution is 2.50. The molecule has 5 aromatic carbocycles. The fourth-order valence-electron chi connectivity index (χ4n) is 7.06. The van der Waals surface area contributed by atoms with E-state index < -0.39 is 29.1 Å². The Kier molecular flexibility index (Phi) is 7.66. The van der Waals surface area contributed by atoms with Crippen LogP contribution in [0.5, 0.6) is 0 Å². The topological polar surface area (TPSA) is 71.8 Å². The van der Waals surface area contributed by atoms with Crippen LogP contribution in [0, 0.1) is 0 Å². The van der Waals surface area contributed by atoms with E-state index >= 15 is 0 Å². The highest BCUT2D eigenvalue weighted by Gasteiger charge is 2.47. The number of hydrogen-bond acceptors (Lipinski definition) is 4. The van der Waals surface area contributed by atoms with E-state index in [0.29, 0.717) is 16.8 Å². The lowest BCUT2D eigenvalue weighted by Gasteiger charge is -2.46. The number of fused-ring (bicyclic) bond motifs is 2. The van der Waals surface area contributed by atoms with Crippen LogP contribution in [0.4, 0.5) is 8.78 Å². The van der Waals surface area contributed by atoms with Gasteiger partial charge in [0.2, 0.25) is 5.43 Å². The van der Waals surface area contributed by atoms with Crippen LogP contribution in [0.25, 0.3) is 22.0 Å². The van der Waals surface area contributed by atoms with Crippen LogP contribution in [0.3, 0.4) is 0 Å². The number of carboxylic acid groups (broad SMARTS) is 1. The molecule has 1 aliphatic rings. The van der Waals surface area contributed by atoms with Crippen molar-refractivity contribution in [3.8, 4) is 11.1 Å². The molecule has 8 heteroatoms. The lowest BCUT2D eigenvalue weighted by molar-refractivity contribution is -0.129. The van der Waals surface area contributed by atoms with E-state index in [0.717, 1.165) is 34.0 Å². The zero-order valence-corrected chi connectivity index (χ0v) is 25.4. The second-order valence-corrected chi connectivity index (χ2v) is 11.6. The van der Waals surface area contributed by atoms with Gasteiger partial charge in [-0.15, -0.1) is 0 Å². The monoisotopic (exact) mass is 628 g/mol. The third-order valence-corrected chi connectivity index (χ3v) is 9.13. The molecule has 0 aliphatic carbocycles. The number of carboxylic acids is 1. The van der Waals surface area contributed by atoms with Crippen molar-refractivity contribution < 1.29 is 23.5 Å². The largest absolute Gasteiger partial charge is 0.477 e. The van der Waals surface area contributed by atoms with Crippen LogP contribution in [0.1, 0.15) is 51.1 Å². The molecule has 0 saturated heterocycles. The minimum atomic E-state index is -3.22. The number of rotatable bonds is 8. The lowest BCUT2D eigenvalue weighted by Crippen LogP contribution is -2.46. The predicted octanol–water partition coefficient (Wildman–Crippen LogP) is 7.89. The molecule has 1 N–H and O–H groups in total. The van der Waals surface area contributed by atoms with Crippen molar-refractivity contribution in [3.05, 3.63) is 177 Å². The minimum absolute atomic E-state index is 0.0235. The molecule has 0 radical (unpaired) electrons. The van der Waals surface area contributed by atoms with Gasteiger partial charge in [0.1, 0.15) is 5.56 Å². The first-order valence-electron chi connectivity index (χ1n) is 15.2. The Morgan fingerprint density at radius 3 is 1.87 bits per heavy atom. The number of pyridine rings is 1. The fraction of sp³-hybridized carbons (Fsp3) is 0.128. The first kappa shape index (κ1) is 30.1. The summed E-state index contributed by atoms with van der Waals surface area (Å²) >= 11 is 0. The molecule has 0 amide bonds. The summed E-state index contributed by atoms with van der Waals surface area (Å²) in [4.78, 5) is 31.6. The molecule has 0 spiro atoms. The number of benzene rings is 5. The van der Waals surface area contributed by atoms with Crippen molar-refractivity contribution in [2.24, 2.45) is 0 Å². The first-order chi connectivity index (χ1) is 22.8. The average molecular weight is 629 g/mol. The average Bonchev–Trinajstić information content (AvgIpc) is 3.42. The third-order valence-electron chi connectivity index (χ3n) is 9.13. The van der Waals surface area contributed by atoms with E-state index in [2.05, 4.69) is 102 Å². The Balaban J connectivity index is 1.36. The summed E-state index contributed by atoms with van der Waals surface area (Å²) in [7, 11) is 0. The molecule has 2 heterocycles. The number of halogens is 2. The fourth-order valence-corrected chi connectivity index (χ4v) is 7.06. The molecule has 0 unspecified atom stereocenters. The van der Waals surface area contributed by atoms with Gasteiger partial charge in [0, 0.05) is 12.6 Å². The summed E-state index contributed by atoms with van der Waals surface area (Å²) in [6, 6.07) is 42.5. The maximum Gasteiger partial charge on any atom is 0.405 e. The van der Waals surface area contributed by atoms with Gasteiger partial charge in [-0.1, -0.05) is 109 Å². The molecule has 6 nitrogen and oxygen atoms in total. The quantitative estimate of drug-likeness (QED) is 0.174. The van der Waals surface area contributed by atoms with Crippen molar-refractivity contribution in [1.29, 1.82) is 0 Å². The molecular weight excluding hydrogens is 598 g/mol. The molecule has 234 valence electrons. The summed E-state index contributed by atoms with van der Waals surface area (Å²) in [5.74, 6) is -1.53. The normalized spacial score (nSPS) is 14.8. The first-order valence-corrected chi connectivity index (χ1v) is 15.2. The van der Waals surface area contributed by atoms with Crippen molar-refractivity contribution in [1.82, 2.24) is 9.63 Å². The van der Waals surface area contributed by atoms with Crippen molar-refractivity contribution in [2.75, 3.05) is 0 Å². The summed E-state index contributed by atoms with van der Waals surface area (Å²) < 4.78 is 27.3. The van der Waals surface area contributed by atoms with Gasteiger partial charge in [0.05, 0.1) is 22.6 Å². The smallest absolute Gasteiger partial charge is 0.405 e. The van der Waals surface area contributed by atoms with Crippen LogP contribution >= 0.6 is 0 Å². The molecule has 1 aromatic heterocycles. The second kappa shape index (κ2) is 12.0. The molecule has 47 heavy (non-hydrogen) atoms. The number of alkyl halides is 2. The summed E-state index contributed by atoms with van der Waals surface area (Å²) in [5, 5.41) is 9.43. The Bertz CT molecular complexity index is 2060. The highest BCUT2D eigenvalue weighted by atomic mass is 19.3. The zero-order chi connectivity index (χ0) is 32.7. The van der Waals surface area contributed by atoms with Gasteiger partial charge in [-0.3, -0.25) is 9.69 Å². The Hall–Kier alpha value is -5.60. The molecular formula is C39H30F2N2O4. The third kappa shape index (κ3) is 5.07. The maximum atomic E-state index is 13.3. The maximum absolute atomic E-state index is 13.3. The summed E-state index contributed by atoms with van der Waals surface area (Å²) in [6.07, 6.45) is 0.793. The molecule has 1 atom stereocenters. The van der Waals surface area contributed by atoms with E-state index in [1.165, 1.54) is 11.6 Å². The highest BCUT2D eigenvalue weighted by molar-refractivity contribution is 5.93. The van der Waals surface area contributed by atoms with Crippen LogP contribution in [-0.4, -0.2) is 27.3 Å². The standard InChI is InChI=1S/C39H30F2N2O4/c1-25-32-19-17-26(27-18-20-33-35(22-27)43(47-38(40)41)24-34(36(33)44)37(45)46)21-28(32)23-42(25)39(29-11-5-2-6-12-29,30-13-7-3-8-14-30)31-15-9-4-10-16-31/h2-22,24-25,38H,23H2,1H3,(H,45,46)/t25-/m1/s1. The molecule has 7 rings (SSSR count). The SMILES string of the molecule is C[C@@H]1c2ccc(-c3ccc4c(=O)c(C(=O)O)cn(OC(F)F)c4c3)cc2CN1C(c1ccccc1)(c1ccccc1)c1ccccc1. The Labute approximate surface area is 269 Å². The van der Waals surface area contributed by atoms with Gasteiger partial charge < -0.3 is 9.94 Å². The minimum Gasteiger partial charge on any atom is -0.477 e. The summed E-state index contributed by atoms with van der Waals surface area (Å²) in [6.45, 7) is -0.388. The van der Waals surface area contributed by atoms with E-state index in [1.807, 2.05) is 24.3 Å². The Morgan fingerprint density at radius 2 is 1.34 bits per heavy atom. The van der Waals surface area contributed by atoms with Gasteiger partial charge in [-0.25, -0.2) is 4.79 Å². The molecule has 0 saturated carbocycles. The van der Waals surface area contributed by atoms with Gasteiger partial charge in [-0.2, -0.15) is 13.5 Å². The number of carbonyl (C=O) groups is 1. The van der Waals surface area contributed by atoms with Gasteiger partial charge in [0.25, 0.3) is 0 Å². The number of aromatic nitrogens is 1. The molecule has 6 aromatic rings.